The SMILES string of the molecule is CCNC(=NCC1(CCOCC)CC1)Nc1ccc(OC)c(OCC)c1. The lowest BCUT2D eigenvalue weighted by atomic mass is 10.0. The first-order valence-electron chi connectivity index (χ1n) is 9.60. The Morgan fingerprint density at radius 2 is 1.96 bits per heavy atom. The molecule has 6 heteroatoms. The third-order valence-corrected chi connectivity index (χ3v) is 4.58. The van der Waals surface area contributed by atoms with Gasteiger partial charge in [0.2, 0.25) is 0 Å². The molecule has 0 spiro atoms. The van der Waals surface area contributed by atoms with Crippen LogP contribution in [0.25, 0.3) is 0 Å². The molecule has 26 heavy (non-hydrogen) atoms. The van der Waals surface area contributed by atoms with Crippen molar-refractivity contribution in [3.63, 3.8) is 0 Å². The lowest BCUT2D eigenvalue weighted by Gasteiger charge is -2.16. The Morgan fingerprint density at radius 3 is 2.58 bits per heavy atom. The van der Waals surface area contributed by atoms with Crippen molar-refractivity contribution in [1.82, 2.24) is 5.32 Å². The Kier molecular flexibility index (Phi) is 8.04. The third-order valence-electron chi connectivity index (χ3n) is 4.58. The fourth-order valence-corrected chi connectivity index (χ4v) is 2.81. The van der Waals surface area contributed by atoms with Crippen LogP contribution in [0.1, 0.15) is 40.0 Å². The average Bonchev–Trinajstić information content (AvgIpc) is 3.41. The van der Waals surface area contributed by atoms with Crippen molar-refractivity contribution in [2.45, 2.75) is 40.0 Å². The van der Waals surface area contributed by atoms with E-state index in [1.165, 1.54) is 12.8 Å². The number of hydrogen-bond acceptors (Lipinski definition) is 4. The molecule has 0 saturated heterocycles. The molecule has 1 fully saturated rings. The number of aliphatic imine (C=N–C) groups is 1. The van der Waals surface area contributed by atoms with E-state index in [4.69, 9.17) is 19.2 Å². The van der Waals surface area contributed by atoms with Crippen molar-refractivity contribution in [1.29, 1.82) is 0 Å². The molecular weight excluding hydrogens is 330 g/mol. The molecule has 1 aromatic rings. The first-order valence-corrected chi connectivity index (χ1v) is 9.60. The first kappa shape index (κ1) is 20.4. The topological polar surface area (TPSA) is 64.1 Å². The summed E-state index contributed by atoms with van der Waals surface area (Å²) in [7, 11) is 1.65. The van der Waals surface area contributed by atoms with Gasteiger partial charge in [0.25, 0.3) is 0 Å². The van der Waals surface area contributed by atoms with Crippen LogP contribution in [0.2, 0.25) is 0 Å². The van der Waals surface area contributed by atoms with Gasteiger partial charge in [0.1, 0.15) is 0 Å². The summed E-state index contributed by atoms with van der Waals surface area (Å²) in [6.45, 7) is 9.90. The molecular formula is C20H33N3O3. The number of guanidine groups is 1. The van der Waals surface area contributed by atoms with Gasteiger partial charge in [0.15, 0.2) is 17.5 Å². The van der Waals surface area contributed by atoms with Gasteiger partial charge in [0, 0.05) is 38.1 Å². The standard InChI is InChI=1S/C20H33N3O3/c1-5-21-19(22-15-20(10-11-20)12-13-25-6-2)23-16-8-9-17(24-4)18(14-16)26-7-3/h8-9,14H,5-7,10-13,15H2,1-4H3,(H2,21,22,23). The van der Waals surface area contributed by atoms with Crippen molar-refractivity contribution in [2.75, 3.05) is 45.3 Å². The number of methoxy groups -OCH3 is 1. The number of nitrogens with zero attached hydrogens (tertiary/aromatic N) is 1. The highest BCUT2D eigenvalue weighted by Gasteiger charge is 2.41. The van der Waals surface area contributed by atoms with Crippen LogP contribution in [0.5, 0.6) is 11.5 Å². The zero-order valence-electron chi connectivity index (χ0n) is 16.6. The summed E-state index contributed by atoms with van der Waals surface area (Å²) in [6.07, 6.45) is 3.56. The van der Waals surface area contributed by atoms with Crippen molar-refractivity contribution < 1.29 is 14.2 Å². The quantitative estimate of drug-likeness (QED) is 0.357. The number of hydrogen-bond donors (Lipinski definition) is 2. The maximum Gasteiger partial charge on any atom is 0.195 e. The van der Waals surface area contributed by atoms with E-state index >= 15 is 0 Å². The maximum atomic E-state index is 5.65. The molecule has 0 heterocycles. The van der Waals surface area contributed by atoms with Gasteiger partial charge in [-0.05, 0) is 57.6 Å². The van der Waals surface area contributed by atoms with Gasteiger partial charge in [-0.25, -0.2) is 0 Å². The smallest absolute Gasteiger partial charge is 0.195 e. The molecule has 1 saturated carbocycles. The molecule has 2 rings (SSSR count). The van der Waals surface area contributed by atoms with Crippen molar-refractivity contribution >= 4 is 11.6 Å². The first-order chi connectivity index (χ1) is 12.7. The largest absolute Gasteiger partial charge is 0.493 e. The third kappa shape index (κ3) is 6.09. The van der Waals surface area contributed by atoms with E-state index in [0.717, 1.165) is 55.9 Å². The predicted octanol–water partition coefficient (Wildman–Crippen LogP) is 3.68. The second kappa shape index (κ2) is 10.3. The van der Waals surface area contributed by atoms with Crippen molar-refractivity contribution in [3.05, 3.63) is 18.2 Å². The van der Waals surface area contributed by atoms with E-state index in [9.17, 15) is 0 Å². The molecule has 0 radical (unpaired) electrons. The Balaban J connectivity index is 2.02. The van der Waals surface area contributed by atoms with Gasteiger partial charge in [0.05, 0.1) is 13.7 Å². The van der Waals surface area contributed by atoms with Gasteiger partial charge in [-0.1, -0.05) is 0 Å². The van der Waals surface area contributed by atoms with Gasteiger partial charge >= 0.3 is 0 Å². The molecule has 1 aliphatic rings. The number of anilines is 1. The lowest BCUT2D eigenvalue weighted by Crippen LogP contribution is -2.31. The van der Waals surface area contributed by atoms with Crippen LogP contribution in [0.4, 0.5) is 5.69 Å². The molecule has 0 unspecified atom stereocenters. The van der Waals surface area contributed by atoms with Gasteiger partial charge < -0.3 is 24.8 Å². The minimum atomic E-state index is 0.327. The Labute approximate surface area is 157 Å². The average molecular weight is 364 g/mol. The number of rotatable bonds is 11. The van der Waals surface area contributed by atoms with E-state index in [1.807, 2.05) is 32.0 Å². The van der Waals surface area contributed by atoms with Crippen LogP contribution in [0, 0.1) is 5.41 Å². The summed E-state index contributed by atoms with van der Waals surface area (Å²) in [5.41, 5.74) is 1.25. The zero-order chi connectivity index (χ0) is 18.8. The van der Waals surface area contributed by atoms with Crippen molar-refractivity contribution in [3.8, 4) is 11.5 Å². The van der Waals surface area contributed by atoms with Gasteiger partial charge in [-0.2, -0.15) is 0 Å². The van der Waals surface area contributed by atoms with Gasteiger partial charge in [-0.15, -0.1) is 0 Å². The Bertz CT molecular complexity index is 586. The highest BCUT2D eigenvalue weighted by molar-refractivity contribution is 5.94. The van der Waals surface area contributed by atoms with E-state index in [-0.39, 0.29) is 0 Å². The number of benzene rings is 1. The normalized spacial score (nSPS) is 15.5. The van der Waals surface area contributed by atoms with Crippen LogP contribution < -0.4 is 20.1 Å². The minimum Gasteiger partial charge on any atom is -0.493 e. The highest BCUT2D eigenvalue weighted by atomic mass is 16.5. The summed E-state index contributed by atoms with van der Waals surface area (Å²) >= 11 is 0. The summed E-state index contributed by atoms with van der Waals surface area (Å²) in [6, 6.07) is 5.81. The Morgan fingerprint density at radius 1 is 1.15 bits per heavy atom. The number of ether oxygens (including phenoxy) is 3. The molecule has 0 aliphatic heterocycles. The van der Waals surface area contributed by atoms with Gasteiger partial charge in [-0.3, -0.25) is 4.99 Å². The molecule has 0 atom stereocenters. The van der Waals surface area contributed by atoms with E-state index in [2.05, 4.69) is 17.6 Å². The molecule has 0 amide bonds. The molecule has 1 aliphatic carbocycles. The zero-order valence-corrected chi connectivity index (χ0v) is 16.6. The van der Waals surface area contributed by atoms with E-state index in [1.54, 1.807) is 7.11 Å². The summed E-state index contributed by atoms with van der Waals surface area (Å²) in [5, 5.41) is 6.68. The Hall–Kier alpha value is -1.95. The fraction of sp³-hybridized carbons (Fsp3) is 0.650. The second-order valence-corrected chi connectivity index (χ2v) is 6.57. The second-order valence-electron chi connectivity index (χ2n) is 6.57. The monoisotopic (exact) mass is 363 g/mol. The highest BCUT2D eigenvalue weighted by Crippen LogP contribution is 2.49. The molecule has 1 aromatic carbocycles. The van der Waals surface area contributed by atoms with Crippen LogP contribution in [0.15, 0.2) is 23.2 Å². The molecule has 146 valence electrons. The lowest BCUT2D eigenvalue weighted by molar-refractivity contribution is 0.129. The van der Waals surface area contributed by atoms with Crippen LogP contribution in [-0.4, -0.2) is 46.0 Å². The molecule has 6 nitrogen and oxygen atoms in total. The van der Waals surface area contributed by atoms with Crippen LogP contribution in [0.3, 0.4) is 0 Å². The minimum absolute atomic E-state index is 0.327. The fourth-order valence-electron chi connectivity index (χ4n) is 2.81. The molecule has 0 aromatic heterocycles. The van der Waals surface area contributed by atoms with E-state index < -0.39 is 0 Å². The van der Waals surface area contributed by atoms with Crippen LogP contribution in [-0.2, 0) is 4.74 Å². The predicted molar refractivity (Wildman–Crippen MR) is 107 cm³/mol. The molecule has 2 N–H and O–H groups in total. The van der Waals surface area contributed by atoms with E-state index in [0.29, 0.717) is 12.0 Å². The van der Waals surface area contributed by atoms with Crippen LogP contribution >= 0.6 is 0 Å². The summed E-state index contributed by atoms with van der Waals surface area (Å²) in [5.74, 6) is 2.25. The maximum absolute atomic E-state index is 5.65. The molecule has 0 bridgehead atoms. The van der Waals surface area contributed by atoms with Crippen molar-refractivity contribution in [2.24, 2.45) is 10.4 Å². The number of nitrogens with one attached hydrogen (secondary N) is 2. The summed E-state index contributed by atoms with van der Waals surface area (Å²) < 4.78 is 16.5. The summed E-state index contributed by atoms with van der Waals surface area (Å²) in [4.78, 5) is 4.81.